The van der Waals surface area contributed by atoms with E-state index in [-0.39, 0.29) is 0 Å². The van der Waals surface area contributed by atoms with Crippen molar-refractivity contribution in [3.8, 4) is 0 Å². The summed E-state index contributed by atoms with van der Waals surface area (Å²) in [6.07, 6.45) is 8.72. The fourth-order valence-corrected chi connectivity index (χ4v) is 9.29. The summed E-state index contributed by atoms with van der Waals surface area (Å²) < 4.78 is 4.94. The molecular weight excluding hydrogens is 641 g/mol. The Kier molecular flexibility index (Phi) is 11.1. The van der Waals surface area contributed by atoms with E-state index in [4.69, 9.17) is 4.98 Å². The highest BCUT2D eigenvalue weighted by Crippen LogP contribution is 2.26. The largest absolute Gasteiger partial charge is 0.374 e. The van der Waals surface area contributed by atoms with Crippen LogP contribution in [0.1, 0.15) is 28.1 Å². The predicted octanol–water partition coefficient (Wildman–Crippen LogP) is 10.1. The number of hydrogen-bond donors (Lipinski definition) is 0. The fourth-order valence-electron chi connectivity index (χ4n) is 5.20. The molecule has 0 atom stereocenters. The smallest absolute Gasteiger partial charge is 0.262 e. The van der Waals surface area contributed by atoms with Crippen LogP contribution < -0.4 is 14.4 Å². The fraction of sp³-hybridized carbons (Fsp3) is 0.211. The lowest BCUT2D eigenvalue weighted by Crippen LogP contribution is -2.33. The normalized spacial score (nSPS) is 11.8. The molecule has 0 aliphatic carbocycles. The molecule has 0 saturated carbocycles. The first-order chi connectivity index (χ1) is 22.6. The molecule has 0 fully saturated rings. The Hall–Kier alpha value is -3.56. The first-order valence-electron chi connectivity index (χ1n) is 15.6. The Bertz CT molecular complexity index is 1890. The van der Waals surface area contributed by atoms with Crippen molar-refractivity contribution in [1.82, 2.24) is 4.98 Å². The van der Waals surface area contributed by atoms with Crippen molar-refractivity contribution in [1.29, 1.82) is 0 Å². The van der Waals surface area contributed by atoms with Crippen LogP contribution in [0.4, 0.5) is 11.4 Å². The van der Waals surface area contributed by atoms with Crippen molar-refractivity contribution >= 4 is 100 Å². The average molecular weight is 680 g/mol. The van der Waals surface area contributed by atoms with Gasteiger partial charge in [0.2, 0.25) is 5.52 Å². The van der Waals surface area contributed by atoms with Crippen molar-refractivity contribution < 1.29 is 4.57 Å². The molecule has 0 spiro atoms. The van der Waals surface area contributed by atoms with E-state index in [0.29, 0.717) is 0 Å². The minimum absolute atomic E-state index is 0.972. The minimum atomic E-state index is 0.972. The number of nitrogens with zero attached hydrogens (tertiary/aromatic N) is 4. The van der Waals surface area contributed by atoms with E-state index in [2.05, 4.69) is 151 Å². The third kappa shape index (κ3) is 8.23. The summed E-state index contributed by atoms with van der Waals surface area (Å²) in [5.74, 6) is 2.17. The van der Waals surface area contributed by atoms with Gasteiger partial charge in [0.25, 0.3) is 5.01 Å². The van der Waals surface area contributed by atoms with Gasteiger partial charge in [0, 0.05) is 62.2 Å². The molecule has 46 heavy (non-hydrogen) atoms. The summed E-state index contributed by atoms with van der Waals surface area (Å²) in [6, 6.07) is 34.6. The standard InChI is InChI=1S/C38H39N4S4/c1-4-42-34-10-6-8-12-36(34)46-38(42)24-18-30-15-21-32(22-16-30)41(3)26-28-44-43-27-25-40(2)31-19-13-29(14-20-31)17-23-37-39-33-9-5-7-11-35(33)45-37/h5-24H,4,25-28H2,1-3H3/q+1/b23-17+. The molecule has 0 N–H and O–H groups in total. The van der Waals surface area contributed by atoms with Crippen LogP contribution in [0, 0.1) is 0 Å². The Morgan fingerprint density at radius 3 is 1.83 bits per heavy atom. The summed E-state index contributed by atoms with van der Waals surface area (Å²) in [7, 11) is 8.27. The zero-order chi connectivity index (χ0) is 31.7. The number of anilines is 2. The lowest BCUT2D eigenvalue weighted by Gasteiger charge is -2.20. The molecule has 234 valence electrons. The van der Waals surface area contributed by atoms with Crippen molar-refractivity contribution in [2.24, 2.45) is 0 Å². The van der Waals surface area contributed by atoms with Gasteiger partial charge in [0.15, 0.2) is 0 Å². The van der Waals surface area contributed by atoms with Crippen LogP contribution >= 0.6 is 44.3 Å². The zero-order valence-corrected chi connectivity index (χ0v) is 29.8. The van der Waals surface area contributed by atoms with E-state index < -0.39 is 0 Å². The summed E-state index contributed by atoms with van der Waals surface area (Å²) in [6.45, 7) is 5.22. The van der Waals surface area contributed by atoms with Crippen LogP contribution in [0.5, 0.6) is 0 Å². The second kappa shape index (κ2) is 15.8. The second-order valence-electron chi connectivity index (χ2n) is 11.0. The SMILES string of the molecule is CC[n+]1c(/C=C/c2ccc(N(C)CCSSCCN(C)c3ccc(/C=C/c4nc5ccccc5s4)cc3)cc2)sc2ccccc21. The van der Waals surface area contributed by atoms with Gasteiger partial charge in [-0.2, -0.15) is 4.57 Å². The van der Waals surface area contributed by atoms with Crippen LogP contribution in [0.25, 0.3) is 44.7 Å². The van der Waals surface area contributed by atoms with Crippen LogP contribution in [-0.4, -0.2) is 43.7 Å². The summed E-state index contributed by atoms with van der Waals surface area (Å²) in [4.78, 5) is 9.37. The van der Waals surface area contributed by atoms with Gasteiger partial charge in [0.05, 0.1) is 10.2 Å². The number of aryl methyl sites for hydroxylation is 1. The number of para-hydroxylation sites is 2. The Morgan fingerprint density at radius 2 is 1.22 bits per heavy atom. The van der Waals surface area contributed by atoms with Crippen molar-refractivity contribution in [2.45, 2.75) is 13.5 Å². The molecule has 8 heteroatoms. The highest BCUT2D eigenvalue weighted by molar-refractivity contribution is 8.76. The Balaban J connectivity index is 0.898. The highest BCUT2D eigenvalue weighted by Gasteiger charge is 2.16. The number of hydrogen-bond acceptors (Lipinski definition) is 7. The lowest BCUT2D eigenvalue weighted by molar-refractivity contribution is -0.665. The molecule has 0 saturated heterocycles. The van der Waals surface area contributed by atoms with Crippen LogP contribution in [0.15, 0.2) is 97.1 Å². The van der Waals surface area contributed by atoms with E-state index in [1.165, 1.54) is 42.4 Å². The van der Waals surface area contributed by atoms with Gasteiger partial charge in [-0.15, -0.1) is 11.3 Å². The molecule has 0 aliphatic rings. The number of benzene rings is 4. The van der Waals surface area contributed by atoms with Crippen molar-refractivity contribution in [3.05, 3.63) is 118 Å². The average Bonchev–Trinajstić information content (AvgIpc) is 3.68. The molecule has 0 unspecified atom stereocenters. The highest BCUT2D eigenvalue weighted by atomic mass is 33.1. The topological polar surface area (TPSA) is 23.2 Å². The monoisotopic (exact) mass is 679 g/mol. The maximum atomic E-state index is 4.70. The predicted molar refractivity (Wildman–Crippen MR) is 210 cm³/mol. The maximum Gasteiger partial charge on any atom is 0.262 e. The molecule has 0 radical (unpaired) electrons. The van der Waals surface area contributed by atoms with E-state index in [0.717, 1.165) is 41.7 Å². The summed E-state index contributed by atoms with van der Waals surface area (Å²) in [5, 5.41) is 2.33. The first kappa shape index (κ1) is 32.4. The lowest BCUT2D eigenvalue weighted by atomic mass is 10.2. The molecule has 0 aliphatic heterocycles. The van der Waals surface area contributed by atoms with Gasteiger partial charge in [0.1, 0.15) is 16.3 Å². The second-order valence-corrected chi connectivity index (χ2v) is 15.8. The molecular formula is C38H39N4S4+. The number of fused-ring (bicyclic) bond motifs is 2. The molecule has 6 aromatic rings. The van der Waals surface area contributed by atoms with E-state index >= 15 is 0 Å². The quantitative estimate of drug-likeness (QED) is 0.0648. The third-order valence-electron chi connectivity index (χ3n) is 7.87. The van der Waals surface area contributed by atoms with Crippen LogP contribution in [-0.2, 0) is 6.54 Å². The van der Waals surface area contributed by atoms with Gasteiger partial charge in [-0.3, -0.25) is 0 Å². The van der Waals surface area contributed by atoms with Gasteiger partial charge in [-0.05, 0) is 72.7 Å². The number of thiazole rings is 2. The maximum absolute atomic E-state index is 4.70. The molecule has 0 amide bonds. The molecule has 4 nitrogen and oxygen atoms in total. The van der Waals surface area contributed by atoms with Crippen molar-refractivity contribution in [3.63, 3.8) is 0 Å². The van der Waals surface area contributed by atoms with E-state index in [9.17, 15) is 0 Å². The van der Waals surface area contributed by atoms with E-state index in [1.54, 1.807) is 11.3 Å². The number of aromatic nitrogens is 2. The molecule has 2 heterocycles. The van der Waals surface area contributed by atoms with Gasteiger partial charge >= 0.3 is 0 Å². The molecule has 0 bridgehead atoms. The first-order valence-corrected chi connectivity index (χ1v) is 19.7. The van der Waals surface area contributed by atoms with Crippen LogP contribution in [0.3, 0.4) is 0 Å². The molecule has 6 rings (SSSR count). The molecule has 4 aromatic carbocycles. The summed E-state index contributed by atoms with van der Waals surface area (Å²) in [5.41, 5.74) is 7.29. The third-order valence-corrected chi connectivity index (χ3v) is 12.4. The number of rotatable bonds is 14. The minimum Gasteiger partial charge on any atom is -0.374 e. The van der Waals surface area contributed by atoms with Crippen LogP contribution in [0.2, 0.25) is 0 Å². The van der Waals surface area contributed by atoms with Gasteiger partial charge in [-0.25, -0.2) is 4.98 Å². The van der Waals surface area contributed by atoms with Crippen molar-refractivity contribution in [2.75, 3.05) is 48.5 Å². The zero-order valence-electron chi connectivity index (χ0n) is 26.5. The summed E-state index contributed by atoms with van der Waals surface area (Å²) >= 11 is 3.58. The van der Waals surface area contributed by atoms with Gasteiger partial charge in [-0.1, -0.05) is 87.5 Å². The Morgan fingerprint density at radius 1 is 0.652 bits per heavy atom. The molecule has 2 aromatic heterocycles. The Labute approximate surface area is 288 Å². The van der Waals surface area contributed by atoms with E-state index in [1.807, 2.05) is 39.0 Å². The van der Waals surface area contributed by atoms with Gasteiger partial charge < -0.3 is 9.80 Å².